The highest BCUT2D eigenvalue weighted by molar-refractivity contribution is 7.19. The average molecular weight is 706 g/mol. The maximum Gasteiger partial charge on any atom is 0.164 e. The predicted molar refractivity (Wildman–Crippen MR) is 221 cm³/mol. The third-order valence-corrected chi connectivity index (χ3v) is 12.3. The first-order valence-corrected chi connectivity index (χ1v) is 19.1. The molecule has 3 nitrogen and oxygen atoms in total. The van der Waals surface area contributed by atoms with Crippen LogP contribution in [-0.4, -0.2) is 15.0 Å². The fourth-order valence-corrected chi connectivity index (χ4v) is 10.2. The lowest BCUT2D eigenvalue weighted by atomic mass is 9.70. The summed E-state index contributed by atoms with van der Waals surface area (Å²) >= 11 is 1.89. The summed E-state index contributed by atoms with van der Waals surface area (Å²) < 4.78 is 0. The lowest BCUT2D eigenvalue weighted by molar-refractivity contribution is 0.798. The number of rotatable bonds is 5. The Labute approximate surface area is 318 Å². The fourth-order valence-electron chi connectivity index (χ4n) is 8.79. The summed E-state index contributed by atoms with van der Waals surface area (Å²) in [5.41, 5.74) is 15.0. The SMILES string of the molecule is c1ccc(-c2nc(-c3ccccc3)nc(-c3cccc4c3-c3c(-c5ccccc5)sc(-c5ccccc5)c3C43c4ccccc4-c4ccccc43)n2)cc1. The van der Waals surface area contributed by atoms with Crippen LogP contribution in [0.15, 0.2) is 188 Å². The van der Waals surface area contributed by atoms with Gasteiger partial charge in [-0.2, -0.15) is 0 Å². The molecule has 9 aromatic rings. The van der Waals surface area contributed by atoms with Crippen molar-refractivity contribution in [1.29, 1.82) is 0 Å². The molecule has 11 rings (SSSR count). The van der Waals surface area contributed by atoms with Gasteiger partial charge in [-0.1, -0.05) is 188 Å². The molecule has 0 saturated heterocycles. The van der Waals surface area contributed by atoms with Crippen molar-refractivity contribution < 1.29 is 0 Å². The van der Waals surface area contributed by atoms with E-state index in [0.717, 1.165) is 16.7 Å². The highest BCUT2D eigenvalue weighted by atomic mass is 32.1. The van der Waals surface area contributed by atoms with Gasteiger partial charge in [-0.3, -0.25) is 0 Å². The molecule has 0 atom stereocenters. The third-order valence-electron chi connectivity index (χ3n) is 11.0. The van der Waals surface area contributed by atoms with Gasteiger partial charge in [0.1, 0.15) is 0 Å². The molecule has 4 heteroatoms. The van der Waals surface area contributed by atoms with Crippen LogP contribution in [0.4, 0.5) is 0 Å². The highest BCUT2D eigenvalue weighted by Gasteiger charge is 2.55. The van der Waals surface area contributed by atoms with Crippen molar-refractivity contribution in [1.82, 2.24) is 15.0 Å². The van der Waals surface area contributed by atoms with Crippen LogP contribution >= 0.6 is 11.3 Å². The van der Waals surface area contributed by atoms with Crippen molar-refractivity contribution in [2.75, 3.05) is 0 Å². The molecule has 252 valence electrons. The van der Waals surface area contributed by atoms with E-state index in [-0.39, 0.29) is 0 Å². The Bertz CT molecular complexity index is 2760. The maximum absolute atomic E-state index is 5.30. The second-order valence-corrected chi connectivity index (χ2v) is 14.9. The van der Waals surface area contributed by atoms with Crippen LogP contribution in [0.5, 0.6) is 0 Å². The quantitative estimate of drug-likeness (QED) is 0.179. The van der Waals surface area contributed by atoms with Gasteiger partial charge in [0, 0.05) is 32.0 Å². The summed E-state index contributed by atoms with van der Waals surface area (Å²) in [4.78, 5) is 18.2. The first-order chi connectivity index (χ1) is 26.8. The molecule has 0 radical (unpaired) electrons. The molecular weight excluding hydrogens is 675 g/mol. The number of thiophene rings is 1. The van der Waals surface area contributed by atoms with E-state index in [2.05, 4.69) is 152 Å². The summed E-state index contributed by atoms with van der Waals surface area (Å²) in [6.07, 6.45) is 0. The third kappa shape index (κ3) is 4.44. The van der Waals surface area contributed by atoms with Gasteiger partial charge in [-0.15, -0.1) is 11.3 Å². The van der Waals surface area contributed by atoms with E-state index in [1.807, 2.05) is 47.7 Å². The zero-order chi connectivity index (χ0) is 35.6. The van der Waals surface area contributed by atoms with Crippen molar-refractivity contribution >= 4 is 11.3 Å². The highest BCUT2D eigenvalue weighted by Crippen LogP contribution is 2.69. The Morgan fingerprint density at radius 3 is 1.26 bits per heavy atom. The molecule has 0 fully saturated rings. The summed E-state index contributed by atoms with van der Waals surface area (Å²) in [7, 11) is 0. The molecule has 0 N–H and O–H groups in total. The van der Waals surface area contributed by atoms with Crippen molar-refractivity contribution in [3.05, 3.63) is 210 Å². The normalized spacial score (nSPS) is 13.0. The minimum atomic E-state index is -0.555. The second kappa shape index (κ2) is 12.2. The molecule has 0 bridgehead atoms. The minimum Gasteiger partial charge on any atom is -0.208 e. The van der Waals surface area contributed by atoms with E-state index in [1.165, 1.54) is 65.4 Å². The topological polar surface area (TPSA) is 38.7 Å². The monoisotopic (exact) mass is 705 g/mol. The van der Waals surface area contributed by atoms with Crippen molar-refractivity contribution in [2.45, 2.75) is 5.41 Å². The van der Waals surface area contributed by atoms with Crippen LogP contribution in [0.2, 0.25) is 0 Å². The number of aromatic nitrogens is 3. The minimum absolute atomic E-state index is 0.555. The summed E-state index contributed by atoms with van der Waals surface area (Å²) in [5, 5.41) is 0. The molecule has 2 aliphatic rings. The second-order valence-electron chi connectivity index (χ2n) is 13.8. The molecule has 1 spiro atoms. The van der Waals surface area contributed by atoms with Gasteiger partial charge in [0.15, 0.2) is 17.5 Å². The van der Waals surface area contributed by atoms with Gasteiger partial charge in [0.2, 0.25) is 0 Å². The van der Waals surface area contributed by atoms with E-state index < -0.39 is 5.41 Å². The Morgan fingerprint density at radius 2 is 0.722 bits per heavy atom. The predicted octanol–water partition coefficient (Wildman–Crippen LogP) is 12.6. The zero-order valence-electron chi connectivity index (χ0n) is 29.1. The van der Waals surface area contributed by atoms with E-state index in [9.17, 15) is 0 Å². The van der Waals surface area contributed by atoms with E-state index in [1.54, 1.807) is 0 Å². The molecule has 0 unspecified atom stereocenters. The summed E-state index contributed by atoms with van der Waals surface area (Å²) in [6.45, 7) is 0. The van der Waals surface area contributed by atoms with Gasteiger partial charge in [-0.05, 0) is 50.1 Å². The van der Waals surface area contributed by atoms with Gasteiger partial charge in [0.25, 0.3) is 0 Å². The molecule has 54 heavy (non-hydrogen) atoms. The first kappa shape index (κ1) is 30.8. The lowest BCUT2D eigenvalue weighted by Gasteiger charge is -2.31. The largest absolute Gasteiger partial charge is 0.208 e. The number of nitrogens with zero attached hydrogens (tertiary/aromatic N) is 3. The smallest absolute Gasteiger partial charge is 0.164 e. The Hall–Kier alpha value is -6.75. The van der Waals surface area contributed by atoms with Crippen LogP contribution in [0.3, 0.4) is 0 Å². The Morgan fingerprint density at radius 1 is 0.315 bits per heavy atom. The molecule has 2 aliphatic carbocycles. The fraction of sp³-hybridized carbons (Fsp3) is 0.0200. The van der Waals surface area contributed by atoms with Gasteiger partial charge in [0.05, 0.1) is 5.41 Å². The van der Waals surface area contributed by atoms with Crippen LogP contribution in [0.1, 0.15) is 22.3 Å². The van der Waals surface area contributed by atoms with E-state index >= 15 is 0 Å². The van der Waals surface area contributed by atoms with Crippen LogP contribution in [0.25, 0.3) is 77.3 Å². The zero-order valence-corrected chi connectivity index (χ0v) is 30.0. The lowest BCUT2D eigenvalue weighted by Crippen LogP contribution is -2.26. The number of hydrogen-bond acceptors (Lipinski definition) is 4. The van der Waals surface area contributed by atoms with Crippen LogP contribution < -0.4 is 0 Å². The average Bonchev–Trinajstić information content (AvgIpc) is 3.89. The summed E-state index contributed by atoms with van der Waals surface area (Å²) in [6, 6.07) is 67.1. The first-order valence-electron chi connectivity index (χ1n) is 18.3. The standard InChI is InChI=1S/C50H31N3S/c1-5-18-32(19-6-1)45-43-42-38(49-52-47(34-22-9-3-10-23-34)51-48(53-49)35-24-11-4-12-25-35)28-17-31-41(42)50(44(43)46(54-45)33-20-7-2-8-21-33)39-29-15-13-26-36(39)37-27-14-16-30-40(37)50/h1-31H. The van der Waals surface area contributed by atoms with E-state index in [4.69, 9.17) is 15.0 Å². The molecule has 2 heterocycles. The van der Waals surface area contributed by atoms with Crippen LogP contribution in [0, 0.1) is 0 Å². The number of benzene rings is 7. The Kier molecular flexibility index (Phi) is 6.94. The van der Waals surface area contributed by atoms with Gasteiger partial charge in [-0.25, -0.2) is 15.0 Å². The molecule has 0 saturated carbocycles. The van der Waals surface area contributed by atoms with Crippen molar-refractivity contribution in [2.24, 2.45) is 0 Å². The van der Waals surface area contributed by atoms with Crippen molar-refractivity contribution in [3.8, 4) is 77.3 Å². The molecule has 0 aliphatic heterocycles. The number of fused-ring (bicyclic) bond motifs is 10. The van der Waals surface area contributed by atoms with Crippen LogP contribution in [-0.2, 0) is 5.41 Å². The summed E-state index contributed by atoms with van der Waals surface area (Å²) in [5.74, 6) is 1.97. The van der Waals surface area contributed by atoms with Gasteiger partial charge >= 0.3 is 0 Å². The molecule has 0 amide bonds. The Balaban J connectivity index is 1.31. The molecule has 2 aromatic heterocycles. The van der Waals surface area contributed by atoms with Crippen molar-refractivity contribution in [3.63, 3.8) is 0 Å². The maximum atomic E-state index is 5.30. The van der Waals surface area contributed by atoms with Gasteiger partial charge < -0.3 is 0 Å². The molecule has 7 aromatic carbocycles. The van der Waals surface area contributed by atoms with E-state index in [0.29, 0.717) is 17.5 Å². The molecular formula is C50H31N3S. The number of hydrogen-bond donors (Lipinski definition) is 0.